The standard InChI is InChI=1S/C13H14N2/c1-10-2-4-11(5-3-10)12-8-14-15(9-12)13-6-7-13/h2-5,8-9,13H,6-7H2,1H3. The molecule has 3 rings (SSSR count). The van der Waals surface area contributed by atoms with Crippen LogP contribution in [-0.2, 0) is 0 Å². The maximum absolute atomic E-state index is 4.39. The van der Waals surface area contributed by atoms with Gasteiger partial charge < -0.3 is 0 Å². The topological polar surface area (TPSA) is 17.8 Å². The predicted octanol–water partition coefficient (Wildman–Crippen LogP) is 3.19. The molecule has 0 bridgehead atoms. The summed E-state index contributed by atoms with van der Waals surface area (Å²) >= 11 is 0. The summed E-state index contributed by atoms with van der Waals surface area (Å²) in [5.41, 5.74) is 3.78. The Morgan fingerprint density at radius 2 is 1.87 bits per heavy atom. The largest absolute Gasteiger partial charge is 0.269 e. The van der Waals surface area contributed by atoms with Crippen molar-refractivity contribution < 1.29 is 0 Å². The van der Waals surface area contributed by atoms with Gasteiger partial charge in [-0.2, -0.15) is 5.10 Å². The Kier molecular flexibility index (Phi) is 1.88. The van der Waals surface area contributed by atoms with Crippen LogP contribution in [-0.4, -0.2) is 9.78 Å². The van der Waals surface area contributed by atoms with Crippen LogP contribution in [0.1, 0.15) is 24.4 Å². The Morgan fingerprint density at radius 1 is 1.13 bits per heavy atom. The van der Waals surface area contributed by atoms with Gasteiger partial charge in [-0.25, -0.2) is 0 Å². The molecule has 2 heteroatoms. The van der Waals surface area contributed by atoms with Crippen molar-refractivity contribution in [3.8, 4) is 11.1 Å². The molecule has 1 aromatic heterocycles. The summed E-state index contributed by atoms with van der Waals surface area (Å²) in [6.07, 6.45) is 6.69. The smallest absolute Gasteiger partial charge is 0.0568 e. The minimum absolute atomic E-state index is 0.671. The normalized spacial score (nSPS) is 15.5. The van der Waals surface area contributed by atoms with Crippen LogP contribution in [0.2, 0.25) is 0 Å². The SMILES string of the molecule is Cc1ccc(-c2cnn(C3CC3)c2)cc1. The van der Waals surface area contributed by atoms with E-state index in [1.165, 1.54) is 29.5 Å². The molecule has 1 aliphatic carbocycles. The summed E-state index contributed by atoms with van der Waals surface area (Å²) in [6.45, 7) is 2.11. The number of rotatable bonds is 2. The summed E-state index contributed by atoms with van der Waals surface area (Å²) in [6, 6.07) is 9.27. The molecule has 2 aromatic rings. The van der Waals surface area contributed by atoms with Crippen LogP contribution in [0.25, 0.3) is 11.1 Å². The molecular formula is C13H14N2. The van der Waals surface area contributed by atoms with Crippen molar-refractivity contribution in [1.82, 2.24) is 9.78 Å². The van der Waals surface area contributed by atoms with Crippen LogP contribution < -0.4 is 0 Å². The van der Waals surface area contributed by atoms with Crippen molar-refractivity contribution in [3.63, 3.8) is 0 Å². The third kappa shape index (κ3) is 1.67. The van der Waals surface area contributed by atoms with Crippen LogP contribution in [0.4, 0.5) is 0 Å². The highest BCUT2D eigenvalue weighted by Crippen LogP contribution is 2.35. The summed E-state index contributed by atoms with van der Waals surface area (Å²) < 4.78 is 2.09. The first kappa shape index (κ1) is 8.72. The fraction of sp³-hybridized carbons (Fsp3) is 0.308. The molecule has 76 valence electrons. The second-order valence-corrected chi connectivity index (χ2v) is 4.31. The second kappa shape index (κ2) is 3.23. The highest BCUT2D eigenvalue weighted by molar-refractivity contribution is 5.61. The van der Waals surface area contributed by atoms with E-state index in [9.17, 15) is 0 Å². The van der Waals surface area contributed by atoms with Gasteiger partial charge in [0.25, 0.3) is 0 Å². The van der Waals surface area contributed by atoms with Crippen molar-refractivity contribution in [2.24, 2.45) is 0 Å². The summed E-state index contributed by atoms with van der Waals surface area (Å²) in [4.78, 5) is 0. The molecule has 0 saturated heterocycles. The summed E-state index contributed by atoms with van der Waals surface area (Å²) in [5, 5.41) is 4.39. The van der Waals surface area contributed by atoms with E-state index in [0.717, 1.165) is 0 Å². The minimum atomic E-state index is 0.671. The zero-order chi connectivity index (χ0) is 10.3. The second-order valence-electron chi connectivity index (χ2n) is 4.31. The van der Waals surface area contributed by atoms with Crippen molar-refractivity contribution in [2.75, 3.05) is 0 Å². The Balaban J connectivity index is 1.93. The van der Waals surface area contributed by atoms with Gasteiger partial charge in [0.1, 0.15) is 0 Å². The van der Waals surface area contributed by atoms with E-state index in [0.29, 0.717) is 6.04 Å². The molecule has 1 saturated carbocycles. The van der Waals surface area contributed by atoms with E-state index in [2.05, 4.69) is 47.2 Å². The fourth-order valence-electron chi connectivity index (χ4n) is 1.77. The Morgan fingerprint density at radius 3 is 2.53 bits per heavy atom. The number of benzene rings is 1. The van der Waals surface area contributed by atoms with Crippen LogP contribution >= 0.6 is 0 Å². The molecule has 0 unspecified atom stereocenters. The zero-order valence-corrected chi connectivity index (χ0v) is 8.85. The zero-order valence-electron chi connectivity index (χ0n) is 8.85. The van der Waals surface area contributed by atoms with Gasteiger partial charge in [0.2, 0.25) is 0 Å². The quantitative estimate of drug-likeness (QED) is 0.724. The van der Waals surface area contributed by atoms with Gasteiger partial charge in [-0.05, 0) is 25.3 Å². The first-order valence-corrected chi connectivity index (χ1v) is 5.44. The van der Waals surface area contributed by atoms with Gasteiger partial charge >= 0.3 is 0 Å². The maximum atomic E-state index is 4.39. The van der Waals surface area contributed by atoms with E-state index in [-0.39, 0.29) is 0 Å². The first-order chi connectivity index (χ1) is 7.33. The number of nitrogens with zero attached hydrogens (tertiary/aromatic N) is 2. The van der Waals surface area contributed by atoms with Crippen molar-refractivity contribution in [1.29, 1.82) is 0 Å². The molecule has 2 nitrogen and oxygen atoms in total. The number of hydrogen-bond acceptors (Lipinski definition) is 1. The molecule has 1 aromatic carbocycles. The molecule has 15 heavy (non-hydrogen) atoms. The molecule has 0 spiro atoms. The van der Waals surface area contributed by atoms with Crippen LogP contribution in [0, 0.1) is 6.92 Å². The Hall–Kier alpha value is -1.57. The van der Waals surface area contributed by atoms with E-state index < -0.39 is 0 Å². The van der Waals surface area contributed by atoms with Gasteiger partial charge in [0.15, 0.2) is 0 Å². The van der Waals surface area contributed by atoms with E-state index in [1.54, 1.807) is 0 Å². The van der Waals surface area contributed by atoms with Gasteiger partial charge in [0, 0.05) is 11.8 Å². The van der Waals surface area contributed by atoms with Crippen molar-refractivity contribution >= 4 is 0 Å². The third-order valence-electron chi connectivity index (χ3n) is 2.91. The average molecular weight is 198 g/mol. The predicted molar refractivity (Wildman–Crippen MR) is 60.7 cm³/mol. The molecule has 0 atom stereocenters. The minimum Gasteiger partial charge on any atom is -0.269 e. The first-order valence-electron chi connectivity index (χ1n) is 5.44. The Bertz CT molecular complexity index is 464. The lowest BCUT2D eigenvalue weighted by Gasteiger charge is -1.97. The summed E-state index contributed by atoms with van der Waals surface area (Å²) in [5.74, 6) is 0. The molecule has 0 N–H and O–H groups in total. The fourth-order valence-corrected chi connectivity index (χ4v) is 1.77. The third-order valence-corrected chi connectivity index (χ3v) is 2.91. The monoisotopic (exact) mass is 198 g/mol. The van der Waals surface area contributed by atoms with E-state index in [1.807, 2.05) is 6.20 Å². The van der Waals surface area contributed by atoms with Gasteiger partial charge in [-0.15, -0.1) is 0 Å². The van der Waals surface area contributed by atoms with Gasteiger partial charge in [-0.1, -0.05) is 29.8 Å². The van der Waals surface area contributed by atoms with Crippen LogP contribution in [0.3, 0.4) is 0 Å². The van der Waals surface area contributed by atoms with Gasteiger partial charge in [0.05, 0.1) is 12.2 Å². The highest BCUT2D eigenvalue weighted by atomic mass is 15.3. The van der Waals surface area contributed by atoms with Crippen LogP contribution in [0.5, 0.6) is 0 Å². The molecule has 1 fully saturated rings. The molecule has 0 amide bonds. The lowest BCUT2D eigenvalue weighted by atomic mass is 10.1. The highest BCUT2D eigenvalue weighted by Gasteiger charge is 2.24. The molecule has 0 radical (unpaired) electrons. The summed E-state index contributed by atoms with van der Waals surface area (Å²) in [7, 11) is 0. The van der Waals surface area contributed by atoms with E-state index in [4.69, 9.17) is 0 Å². The van der Waals surface area contributed by atoms with Gasteiger partial charge in [-0.3, -0.25) is 4.68 Å². The van der Waals surface area contributed by atoms with E-state index >= 15 is 0 Å². The van der Waals surface area contributed by atoms with Crippen molar-refractivity contribution in [3.05, 3.63) is 42.2 Å². The molecule has 1 aliphatic rings. The number of aromatic nitrogens is 2. The average Bonchev–Trinajstić information content (AvgIpc) is 2.99. The number of aryl methyl sites for hydroxylation is 1. The number of hydrogen-bond donors (Lipinski definition) is 0. The lowest BCUT2D eigenvalue weighted by molar-refractivity contribution is 0.642. The molecule has 0 aliphatic heterocycles. The van der Waals surface area contributed by atoms with Crippen molar-refractivity contribution in [2.45, 2.75) is 25.8 Å². The van der Waals surface area contributed by atoms with Crippen LogP contribution in [0.15, 0.2) is 36.7 Å². The lowest BCUT2D eigenvalue weighted by Crippen LogP contribution is -1.91. The maximum Gasteiger partial charge on any atom is 0.0568 e. The molecular weight excluding hydrogens is 184 g/mol. The molecule has 1 heterocycles. The Labute approximate surface area is 89.5 Å².